The van der Waals surface area contributed by atoms with Gasteiger partial charge in [0, 0.05) is 16.8 Å². The molecule has 2 heteroatoms. The van der Waals surface area contributed by atoms with Gasteiger partial charge < -0.3 is 11.5 Å². The molecule has 0 saturated heterocycles. The quantitative estimate of drug-likeness (QED) is 0.491. The fourth-order valence-electron chi connectivity index (χ4n) is 3.99. The lowest BCUT2D eigenvalue weighted by molar-refractivity contribution is 0.679. The Morgan fingerprint density at radius 1 is 0.577 bits per heavy atom. The highest BCUT2D eigenvalue weighted by molar-refractivity contribution is 5.63. The average molecular weight is 345 g/mol. The van der Waals surface area contributed by atoms with Gasteiger partial charge in [-0.05, 0) is 85.7 Å². The summed E-state index contributed by atoms with van der Waals surface area (Å²) >= 11 is 0. The molecule has 0 aliphatic carbocycles. The highest BCUT2D eigenvalue weighted by Gasteiger charge is 2.34. The molecule has 0 heterocycles. The third-order valence-electron chi connectivity index (χ3n) is 6.09. The van der Waals surface area contributed by atoms with Gasteiger partial charge in [0.2, 0.25) is 0 Å². The van der Waals surface area contributed by atoms with E-state index in [0.717, 1.165) is 22.5 Å². The minimum Gasteiger partial charge on any atom is -0.399 e. The first kappa shape index (κ1) is 18.1. The summed E-state index contributed by atoms with van der Waals surface area (Å²) in [7, 11) is 0. The van der Waals surface area contributed by atoms with Gasteiger partial charge in [-0.2, -0.15) is 0 Å². The summed E-state index contributed by atoms with van der Waals surface area (Å²) in [4.78, 5) is 0. The lowest BCUT2D eigenvalue weighted by Gasteiger charge is -2.36. The molecule has 4 N–H and O–H groups in total. The Morgan fingerprint density at radius 3 is 1.42 bits per heavy atom. The molecule has 0 saturated carbocycles. The number of hydrogen-bond acceptors (Lipinski definition) is 2. The molecule has 0 aliphatic rings. The fourth-order valence-corrected chi connectivity index (χ4v) is 3.99. The standard InChI is InChI=1S/C24H28N2/c1-15-17(3)22(25)13-11-20(15)24(5,19-9-7-6-8-10-19)21-12-14-23(26)18(4)16(21)2/h6-14H,25-26H2,1-5H3. The molecule has 0 atom stereocenters. The molecule has 0 aliphatic heterocycles. The predicted molar refractivity (Wildman–Crippen MR) is 113 cm³/mol. The maximum atomic E-state index is 6.17. The van der Waals surface area contributed by atoms with E-state index in [-0.39, 0.29) is 5.41 Å². The summed E-state index contributed by atoms with van der Waals surface area (Å²) in [6.07, 6.45) is 0. The van der Waals surface area contributed by atoms with E-state index in [2.05, 4.69) is 77.1 Å². The van der Waals surface area contributed by atoms with Crippen LogP contribution in [0.25, 0.3) is 0 Å². The van der Waals surface area contributed by atoms with Gasteiger partial charge in [0.25, 0.3) is 0 Å². The van der Waals surface area contributed by atoms with Crippen molar-refractivity contribution in [1.29, 1.82) is 0 Å². The second-order valence-electron chi connectivity index (χ2n) is 7.40. The van der Waals surface area contributed by atoms with Crippen molar-refractivity contribution in [2.75, 3.05) is 11.5 Å². The summed E-state index contributed by atoms with van der Waals surface area (Å²) in [5.74, 6) is 0. The summed E-state index contributed by atoms with van der Waals surface area (Å²) in [5.41, 5.74) is 22.3. The zero-order chi connectivity index (χ0) is 19.1. The van der Waals surface area contributed by atoms with Gasteiger partial charge in [-0.3, -0.25) is 0 Å². The molecule has 0 spiro atoms. The minimum absolute atomic E-state index is 0.285. The molecule has 0 bridgehead atoms. The number of nitrogen functional groups attached to an aromatic ring is 2. The van der Waals surface area contributed by atoms with Crippen LogP contribution < -0.4 is 11.5 Å². The molecule has 3 aromatic rings. The number of benzene rings is 3. The molecule has 0 unspecified atom stereocenters. The Morgan fingerprint density at radius 2 is 1.00 bits per heavy atom. The van der Waals surface area contributed by atoms with Gasteiger partial charge in [-0.1, -0.05) is 42.5 Å². The van der Waals surface area contributed by atoms with Crippen molar-refractivity contribution in [3.8, 4) is 0 Å². The van der Waals surface area contributed by atoms with E-state index in [1.165, 1.54) is 27.8 Å². The molecular weight excluding hydrogens is 316 g/mol. The van der Waals surface area contributed by atoms with E-state index in [0.29, 0.717) is 0 Å². The summed E-state index contributed by atoms with van der Waals surface area (Å²) in [6, 6.07) is 19.1. The third-order valence-corrected chi connectivity index (χ3v) is 6.09. The van der Waals surface area contributed by atoms with Crippen LogP contribution in [0.5, 0.6) is 0 Å². The minimum atomic E-state index is -0.285. The zero-order valence-electron chi connectivity index (χ0n) is 16.4. The third kappa shape index (κ3) is 2.66. The van der Waals surface area contributed by atoms with E-state index in [9.17, 15) is 0 Å². The summed E-state index contributed by atoms with van der Waals surface area (Å²) in [5, 5.41) is 0. The van der Waals surface area contributed by atoms with Crippen LogP contribution in [-0.2, 0) is 5.41 Å². The molecule has 0 amide bonds. The van der Waals surface area contributed by atoms with Crippen molar-refractivity contribution >= 4 is 11.4 Å². The van der Waals surface area contributed by atoms with Crippen LogP contribution in [0.1, 0.15) is 45.9 Å². The van der Waals surface area contributed by atoms with E-state index in [1.54, 1.807) is 0 Å². The van der Waals surface area contributed by atoms with Crippen molar-refractivity contribution < 1.29 is 0 Å². The molecule has 134 valence electrons. The summed E-state index contributed by atoms with van der Waals surface area (Å²) in [6.45, 7) is 10.8. The van der Waals surface area contributed by atoms with Crippen molar-refractivity contribution in [1.82, 2.24) is 0 Å². The van der Waals surface area contributed by atoms with Crippen LogP contribution in [0, 0.1) is 27.7 Å². The van der Waals surface area contributed by atoms with Crippen molar-refractivity contribution in [3.05, 3.63) is 93.5 Å². The molecular formula is C24H28N2. The van der Waals surface area contributed by atoms with Crippen LogP contribution in [0.3, 0.4) is 0 Å². The first-order valence-corrected chi connectivity index (χ1v) is 9.06. The Kier molecular flexibility index (Phi) is 4.53. The SMILES string of the molecule is Cc1c(N)ccc(C(C)(c2ccccc2)c2ccc(N)c(C)c2C)c1C. The van der Waals surface area contributed by atoms with Crippen molar-refractivity contribution in [2.24, 2.45) is 0 Å². The predicted octanol–water partition coefficient (Wildman–Crippen LogP) is 5.44. The number of anilines is 2. The smallest absolute Gasteiger partial charge is 0.0428 e. The first-order valence-electron chi connectivity index (χ1n) is 9.06. The maximum Gasteiger partial charge on any atom is 0.0428 e. The van der Waals surface area contributed by atoms with E-state index in [4.69, 9.17) is 11.5 Å². The number of nitrogens with two attached hydrogens (primary N) is 2. The second kappa shape index (κ2) is 6.53. The Hall–Kier alpha value is -2.74. The lowest BCUT2D eigenvalue weighted by atomic mass is 9.67. The maximum absolute atomic E-state index is 6.17. The van der Waals surface area contributed by atoms with Crippen LogP contribution >= 0.6 is 0 Å². The first-order chi connectivity index (χ1) is 12.3. The molecule has 0 aromatic heterocycles. The van der Waals surface area contributed by atoms with Crippen LogP contribution in [0.4, 0.5) is 11.4 Å². The van der Waals surface area contributed by atoms with Gasteiger partial charge in [0.1, 0.15) is 0 Å². The molecule has 0 fully saturated rings. The fraction of sp³-hybridized carbons (Fsp3) is 0.250. The Bertz CT molecular complexity index is 898. The highest BCUT2D eigenvalue weighted by Crippen LogP contribution is 2.44. The molecule has 3 rings (SSSR count). The van der Waals surface area contributed by atoms with E-state index in [1.807, 2.05) is 12.1 Å². The Balaban J connectivity index is 2.40. The normalized spacial score (nSPS) is 11.6. The van der Waals surface area contributed by atoms with Gasteiger partial charge >= 0.3 is 0 Å². The van der Waals surface area contributed by atoms with E-state index >= 15 is 0 Å². The van der Waals surface area contributed by atoms with Crippen LogP contribution in [-0.4, -0.2) is 0 Å². The van der Waals surface area contributed by atoms with Gasteiger partial charge in [-0.15, -0.1) is 0 Å². The van der Waals surface area contributed by atoms with Crippen LogP contribution in [0.15, 0.2) is 54.6 Å². The molecule has 0 radical (unpaired) electrons. The number of rotatable bonds is 3. The average Bonchev–Trinajstić information content (AvgIpc) is 2.64. The lowest BCUT2D eigenvalue weighted by Crippen LogP contribution is -2.28. The monoisotopic (exact) mass is 344 g/mol. The summed E-state index contributed by atoms with van der Waals surface area (Å²) < 4.78 is 0. The largest absolute Gasteiger partial charge is 0.399 e. The van der Waals surface area contributed by atoms with Gasteiger partial charge in [0.15, 0.2) is 0 Å². The van der Waals surface area contributed by atoms with Crippen molar-refractivity contribution in [3.63, 3.8) is 0 Å². The molecule has 2 nitrogen and oxygen atoms in total. The molecule has 26 heavy (non-hydrogen) atoms. The Labute approximate surface area is 156 Å². The second-order valence-corrected chi connectivity index (χ2v) is 7.40. The topological polar surface area (TPSA) is 52.0 Å². The van der Waals surface area contributed by atoms with Crippen LogP contribution in [0.2, 0.25) is 0 Å². The van der Waals surface area contributed by atoms with Crippen molar-refractivity contribution in [2.45, 2.75) is 40.0 Å². The van der Waals surface area contributed by atoms with Gasteiger partial charge in [0.05, 0.1) is 0 Å². The van der Waals surface area contributed by atoms with Gasteiger partial charge in [-0.25, -0.2) is 0 Å². The number of hydrogen-bond donors (Lipinski definition) is 2. The highest BCUT2D eigenvalue weighted by atomic mass is 14.6. The van der Waals surface area contributed by atoms with E-state index < -0.39 is 0 Å². The zero-order valence-corrected chi connectivity index (χ0v) is 16.4. The molecule has 3 aromatic carbocycles.